The number of alkyl halides is 3. The third-order valence-corrected chi connectivity index (χ3v) is 12.2. The van der Waals surface area contributed by atoms with Gasteiger partial charge in [0.15, 0.2) is 0 Å². The van der Waals surface area contributed by atoms with Gasteiger partial charge in [0, 0.05) is 79.4 Å². The van der Waals surface area contributed by atoms with E-state index in [0.29, 0.717) is 73.7 Å². The van der Waals surface area contributed by atoms with Crippen LogP contribution in [0.4, 0.5) is 13.2 Å². The number of benzene rings is 1. The van der Waals surface area contributed by atoms with Crippen LogP contribution < -0.4 is 0 Å². The molecule has 2 N–H and O–H groups in total. The normalized spacial score (nSPS) is 20.3. The number of aliphatic hydroxyl groups excluding tert-OH is 1. The lowest BCUT2D eigenvalue weighted by molar-refractivity contribution is -0.139. The highest BCUT2D eigenvalue weighted by molar-refractivity contribution is 7.99. The summed E-state index contributed by atoms with van der Waals surface area (Å²) >= 11 is 1.13. The van der Waals surface area contributed by atoms with Crippen LogP contribution in [0, 0.1) is 0 Å². The van der Waals surface area contributed by atoms with Gasteiger partial charge in [-0.3, -0.25) is 9.67 Å². The molecule has 2 fully saturated rings. The summed E-state index contributed by atoms with van der Waals surface area (Å²) in [6.07, 6.45) is 2.29. The van der Waals surface area contributed by atoms with E-state index in [0.717, 1.165) is 55.7 Å². The number of aromatic nitrogens is 3. The van der Waals surface area contributed by atoms with Crippen LogP contribution in [0.5, 0.6) is 0 Å². The molecular weight excluding hydrogens is 678 g/mol. The predicted octanol–water partition coefficient (Wildman–Crippen LogP) is 4.20. The molecule has 2 aromatic heterocycles. The Morgan fingerprint density at radius 2 is 1.76 bits per heavy atom. The Morgan fingerprint density at radius 1 is 1.00 bits per heavy atom. The number of piperidine rings is 2. The van der Waals surface area contributed by atoms with E-state index in [1.54, 1.807) is 16.9 Å². The molecule has 0 aliphatic carbocycles. The van der Waals surface area contributed by atoms with Crippen molar-refractivity contribution in [3.63, 3.8) is 0 Å². The zero-order valence-corrected chi connectivity index (χ0v) is 29.4. The highest BCUT2D eigenvalue weighted by atomic mass is 32.2. The average molecular weight is 723 g/mol. The third kappa shape index (κ3) is 8.68. The fourth-order valence-corrected chi connectivity index (χ4v) is 9.08. The lowest BCUT2D eigenvalue weighted by atomic mass is 9.88. The summed E-state index contributed by atoms with van der Waals surface area (Å²) in [5.74, 6) is 0.408. The zero-order valence-electron chi connectivity index (χ0n) is 27.8. The molecule has 1 unspecified atom stereocenters. The van der Waals surface area contributed by atoms with Crippen LogP contribution >= 0.6 is 11.8 Å². The number of nitrogens with zero attached hydrogens (tertiary/aromatic N) is 6. The van der Waals surface area contributed by atoms with Gasteiger partial charge < -0.3 is 20.0 Å². The Morgan fingerprint density at radius 3 is 2.43 bits per heavy atom. The van der Waals surface area contributed by atoms with Crippen molar-refractivity contribution < 1.29 is 31.8 Å². The van der Waals surface area contributed by atoms with Gasteiger partial charge in [-0.2, -0.15) is 22.6 Å². The second-order valence-corrected chi connectivity index (χ2v) is 16.6. The second kappa shape index (κ2) is 15.0. The number of sulfonamides is 1. The van der Waals surface area contributed by atoms with Crippen LogP contribution in [0.3, 0.4) is 0 Å². The number of pyridine rings is 1. The van der Waals surface area contributed by atoms with E-state index in [1.807, 2.05) is 12.1 Å². The zero-order chi connectivity index (χ0) is 34.8. The molecular formula is C34H45F3N6O4S2. The van der Waals surface area contributed by atoms with E-state index in [2.05, 4.69) is 14.8 Å². The van der Waals surface area contributed by atoms with Crippen LogP contribution in [0.25, 0.3) is 11.3 Å². The number of rotatable bonds is 11. The van der Waals surface area contributed by atoms with Crippen LogP contribution in [0.2, 0.25) is 0 Å². The molecule has 3 aliphatic heterocycles. The Hall–Kier alpha value is -2.53. The van der Waals surface area contributed by atoms with E-state index < -0.39 is 33.5 Å². The van der Waals surface area contributed by atoms with Gasteiger partial charge in [-0.15, -0.1) is 11.8 Å². The van der Waals surface area contributed by atoms with Crippen molar-refractivity contribution in [3.8, 4) is 11.3 Å². The molecule has 0 bridgehead atoms. The van der Waals surface area contributed by atoms with Crippen molar-refractivity contribution in [2.45, 2.75) is 74.4 Å². The van der Waals surface area contributed by atoms with Crippen molar-refractivity contribution in [1.29, 1.82) is 0 Å². The van der Waals surface area contributed by atoms with E-state index in [4.69, 9.17) is 5.10 Å². The first-order chi connectivity index (χ1) is 23.3. The largest absolute Gasteiger partial charge is 0.417 e. The topological polar surface area (TPSA) is 115 Å². The number of likely N-dealkylation sites (tertiary alicyclic amines) is 2. The number of hydrogen-bond acceptors (Lipinski definition) is 9. The van der Waals surface area contributed by atoms with Gasteiger partial charge >= 0.3 is 6.18 Å². The first kappa shape index (κ1) is 36.3. The van der Waals surface area contributed by atoms with Crippen molar-refractivity contribution in [1.82, 2.24) is 28.9 Å². The molecule has 2 saturated heterocycles. The molecule has 5 heterocycles. The smallest absolute Gasteiger partial charge is 0.390 e. The molecule has 15 heteroatoms. The fraction of sp³-hybridized carbons (Fsp3) is 0.588. The van der Waals surface area contributed by atoms with Crippen LogP contribution in [-0.2, 0) is 41.3 Å². The number of fused-ring (bicyclic) bond motifs is 1. The summed E-state index contributed by atoms with van der Waals surface area (Å²) < 4.78 is 70.8. The maximum absolute atomic E-state index is 14.2. The summed E-state index contributed by atoms with van der Waals surface area (Å²) in [6, 6.07) is 9.47. The van der Waals surface area contributed by atoms with E-state index in [1.165, 1.54) is 22.9 Å². The SMILES string of the molecule is CS(=O)(=O)N1CCc2c(c(-c3ccc(C(F)(F)F)c(SCCN4CCC(O)(c5ccccn5)CC4)c3)nn2CC(O)CN2CCCCC2)C1. The Balaban J connectivity index is 1.21. The second-order valence-electron chi connectivity index (χ2n) is 13.5. The molecule has 0 saturated carbocycles. The molecule has 1 atom stereocenters. The molecule has 268 valence electrons. The number of thioether (sulfide) groups is 1. The number of β-amino-alcohol motifs (C(OH)–C–C–N with tert-alkyl or cyclic N) is 1. The van der Waals surface area contributed by atoms with Crippen molar-refractivity contribution in [3.05, 3.63) is 65.1 Å². The maximum atomic E-state index is 14.2. The third-order valence-electron chi connectivity index (χ3n) is 9.92. The van der Waals surface area contributed by atoms with Gasteiger partial charge in [0.2, 0.25) is 10.0 Å². The molecule has 0 amide bonds. The Labute approximate surface area is 290 Å². The Kier molecular flexibility index (Phi) is 11.1. The minimum Gasteiger partial charge on any atom is -0.390 e. The van der Waals surface area contributed by atoms with Gasteiger partial charge in [0.05, 0.1) is 35.9 Å². The summed E-state index contributed by atoms with van der Waals surface area (Å²) in [6.45, 7) is 4.66. The summed E-state index contributed by atoms with van der Waals surface area (Å²) in [4.78, 5) is 8.78. The highest BCUT2D eigenvalue weighted by Crippen LogP contribution is 2.41. The lowest BCUT2D eigenvalue weighted by Crippen LogP contribution is -2.43. The summed E-state index contributed by atoms with van der Waals surface area (Å²) in [7, 11) is -3.52. The van der Waals surface area contributed by atoms with Gasteiger partial charge in [-0.25, -0.2) is 8.42 Å². The average Bonchev–Trinajstić information content (AvgIpc) is 3.43. The summed E-state index contributed by atoms with van der Waals surface area (Å²) in [5, 5.41) is 27.0. The molecule has 3 aromatic rings. The maximum Gasteiger partial charge on any atom is 0.417 e. The molecule has 49 heavy (non-hydrogen) atoms. The van der Waals surface area contributed by atoms with Gasteiger partial charge in [-0.1, -0.05) is 18.6 Å². The van der Waals surface area contributed by atoms with Crippen molar-refractivity contribution in [2.75, 3.05) is 57.8 Å². The first-order valence-corrected chi connectivity index (χ1v) is 19.8. The molecule has 1 aromatic carbocycles. The number of hydrogen-bond donors (Lipinski definition) is 2. The van der Waals surface area contributed by atoms with Gasteiger partial charge in [0.25, 0.3) is 0 Å². The molecule has 0 spiro atoms. The van der Waals surface area contributed by atoms with Gasteiger partial charge in [0.1, 0.15) is 5.60 Å². The van der Waals surface area contributed by atoms with Crippen molar-refractivity contribution in [2.24, 2.45) is 0 Å². The lowest BCUT2D eigenvalue weighted by Gasteiger charge is -2.37. The summed E-state index contributed by atoms with van der Waals surface area (Å²) in [5.41, 5.74) is 1.27. The van der Waals surface area contributed by atoms with E-state index in [9.17, 15) is 31.8 Å². The standard InChI is InChI=1S/C34H45F3N6O4S2/c1-49(46,47)42-16-10-29-27(24-42)32(39-43(29)23-26(44)22-41-14-5-2-6-15-41)25-8-9-28(34(35,36)37)30(21-25)48-20-19-40-17-11-33(45,12-18-40)31-7-3-4-13-38-31/h3-4,7-9,13,21,26,44-45H,2,5-6,10-12,14-20,22-24H2,1H3. The highest BCUT2D eigenvalue weighted by Gasteiger charge is 2.37. The van der Waals surface area contributed by atoms with Crippen LogP contribution in [0.15, 0.2) is 47.5 Å². The first-order valence-electron chi connectivity index (χ1n) is 16.9. The minimum absolute atomic E-state index is 0.0645. The van der Waals surface area contributed by atoms with E-state index in [-0.39, 0.29) is 24.5 Å². The molecule has 6 rings (SSSR count). The number of aliphatic hydroxyl groups is 2. The van der Waals surface area contributed by atoms with Gasteiger partial charge in [-0.05, 0) is 63.0 Å². The van der Waals surface area contributed by atoms with Crippen LogP contribution in [-0.4, -0.2) is 111 Å². The van der Waals surface area contributed by atoms with Crippen molar-refractivity contribution >= 4 is 21.8 Å². The predicted molar refractivity (Wildman–Crippen MR) is 182 cm³/mol. The monoisotopic (exact) mass is 722 g/mol. The molecule has 3 aliphatic rings. The van der Waals surface area contributed by atoms with E-state index >= 15 is 0 Å². The fourth-order valence-electron chi connectivity index (χ4n) is 7.18. The van der Waals surface area contributed by atoms with Crippen LogP contribution in [0.1, 0.15) is 54.6 Å². The molecule has 0 radical (unpaired) electrons. The number of halogens is 3. The molecule has 10 nitrogen and oxygen atoms in total. The Bertz CT molecular complexity index is 1690. The quantitative estimate of drug-likeness (QED) is 0.281. The minimum atomic E-state index is -4.56.